The number of hydrogen-bond acceptors (Lipinski definition) is 2. The van der Waals surface area contributed by atoms with Crippen LogP contribution in [-0.2, 0) is 0 Å². The largest absolute Gasteiger partial charge is 0.351 e. The van der Waals surface area contributed by atoms with Crippen LogP contribution < -0.4 is 10.2 Å². The zero-order chi connectivity index (χ0) is 10.1. The van der Waals surface area contributed by atoms with Crippen molar-refractivity contribution in [3.05, 3.63) is 29.8 Å². The van der Waals surface area contributed by atoms with E-state index in [1.54, 1.807) is 24.3 Å². The molecule has 0 aromatic heterocycles. The van der Waals surface area contributed by atoms with Crippen molar-refractivity contribution in [3.63, 3.8) is 0 Å². The van der Waals surface area contributed by atoms with Gasteiger partial charge in [0.15, 0.2) is 0 Å². The van der Waals surface area contributed by atoms with Crippen molar-refractivity contribution < 1.29 is 9.59 Å². The zero-order valence-corrected chi connectivity index (χ0v) is 7.73. The summed E-state index contributed by atoms with van der Waals surface area (Å²) >= 11 is 0. The molecule has 0 atom stereocenters. The van der Waals surface area contributed by atoms with Crippen molar-refractivity contribution in [3.8, 4) is 0 Å². The first-order chi connectivity index (χ1) is 6.74. The summed E-state index contributed by atoms with van der Waals surface area (Å²) in [7, 11) is 0. The first-order valence-corrected chi connectivity index (χ1v) is 4.40. The first kappa shape index (κ1) is 8.74. The summed E-state index contributed by atoms with van der Waals surface area (Å²) in [4.78, 5) is 24.2. The number of hydrogen-bond donors (Lipinski definition) is 0. The van der Waals surface area contributed by atoms with E-state index in [0.717, 1.165) is 0 Å². The van der Waals surface area contributed by atoms with Crippen LogP contribution in [0.25, 0.3) is 0 Å². The number of rotatable bonds is 1. The molecule has 14 heavy (non-hydrogen) atoms. The van der Waals surface area contributed by atoms with E-state index in [1.165, 1.54) is 4.90 Å². The number of benzene rings is 1. The molecule has 2 rings (SSSR count). The SMILES string of the molecule is CCN1C(=O)[N]C(=O)c2ccccc21. The summed E-state index contributed by atoms with van der Waals surface area (Å²) in [6, 6.07) is 6.51. The van der Waals surface area contributed by atoms with Gasteiger partial charge in [-0.3, -0.25) is 9.69 Å². The lowest BCUT2D eigenvalue weighted by Crippen LogP contribution is -2.43. The topological polar surface area (TPSA) is 51.5 Å². The van der Waals surface area contributed by atoms with E-state index in [4.69, 9.17) is 0 Å². The zero-order valence-electron chi connectivity index (χ0n) is 7.73. The van der Waals surface area contributed by atoms with E-state index in [0.29, 0.717) is 17.8 Å². The lowest BCUT2D eigenvalue weighted by Gasteiger charge is -2.25. The van der Waals surface area contributed by atoms with Crippen LogP contribution in [0.5, 0.6) is 0 Å². The van der Waals surface area contributed by atoms with Crippen LogP contribution in [0.4, 0.5) is 10.5 Å². The Balaban J connectivity index is 2.56. The minimum absolute atomic E-state index is 0.449. The fraction of sp³-hybridized carbons (Fsp3) is 0.200. The van der Waals surface area contributed by atoms with Gasteiger partial charge in [-0.15, -0.1) is 0 Å². The number of carbonyl (C=O) groups is 2. The van der Waals surface area contributed by atoms with Gasteiger partial charge in [-0.2, -0.15) is 5.32 Å². The summed E-state index contributed by atoms with van der Waals surface area (Å²) in [5.74, 6) is -0.449. The Labute approximate surface area is 81.5 Å². The van der Waals surface area contributed by atoms with Crippen LogP contribution in [0.3, 0.4) is 0 Å². The first-order valence-electron chi connectivity index (χ1n) is 4.40. The molecule has 4 heteroatoms. The summed E-state index contributed by atoms with van der Waals surface area (Å²) in [5.41, 5.74) is 1.15. The fourth-order valence-corrected chi connectivity index (χ4v) is 1.51. The number of amides is 3. The normalized spacial score (nSPS) is 15.1. The standard InChI is InChI=1S/C10H9N2O2/c1-2-12-8-6-4-3-5-7(8)9(13)11-10(12)14/h3-6H,2H2,1H3. The average molecular weight is 189 g/mol. The van der Waals surface area contributed by atoms with Gasteiger partial charge in [0.2, 0.25) is 0 Å². The van der Waals surface area contributed by atoms with Crippen LogP contribution in [0.1, 0.15) is 17.3 Å². The van der Waals surface area contributed by atoms with Gasteiger partial charge in [-0.1, -0.05) is 12.1 Å². The highest BCUT2D eigenvalue weighted by Gasteiger charge is 2.29. The van der Waals surface area contributed by atoms with Crippen molar-refractivity contribution in [2.45, 2.75) is 6.92 Å². The molecular weight excluding hydrogens is 180 g/mol. The summed E-state index contributed by atoms with van der Waals surface area (Å²) in [6.45, 7) is 2.37. The molecule has 0 saturated carbocycles. The van der Waals surface area contributed by atoms with E-state index >= 15 is 0 Å². The summed E-state index contributed by atoms with van der Waals surface area (Å²) in [6.07, 6.45) is 0. The van der Waals surface area contributed by atoms with Crippen LogP contribution >= 0.6 is 0 Å². The third-order valence-corrected chi connectivity index (χ3v) is 2.17. The predicted molar refractivity (Wildman–Crippen MR) is 51.3 cm³/mol. The van der Waals surface area contributed by atoms with Crippen LogP contribution in [0.15, 0.2) is 24.3 Å². The van der Waals surface area contributed by atoms with Gasteiger partial charge >= 0.3 is 6.03 Å². The van der Waals surface area contributed by atoms with Crippen LogP contribution in [-0.4, -0.2) is 18.5 Å². The number of fused-ring (bicyclic) bond motifs is 1. The molecule has 0 N–H and O–H groups in total. The van der Waals surface area contributed by atoms with E-state index < -0.39 is 11.9 Å². The van der Waals surface area contributed by atoms with Gasteiger partial charge in [-0.25, -0.2) is 4.79 Å². The Kier molecular flexibility index (Phi) is 1.96. The highest BCUT2D eigenvalue weighted by atomic mass is 16.2. The molecular formula is C10H9N2O2. The quantitative estimate of drug-likeness (QED) is 0.670. The van der Waals surface area contributed by atoms with Crippen LogP contribution in [0.2, 0.25) is 0 Å². The maximum Gasteiger partial charge on any atom is 0.351 e. The molecule has 1 aromatic rings. The highest BCUT2D eigenvalue weighted by molar-refractivity contribution is 6.16. The third kappa shape index (κ3) is 1.16. The van der Waals surface area contributed by atoms with Crippen LogP contribution in [0, 0.1) is 0 Å². The molecule has 0 spiro atoms. The second-order valence-corrected chi connectivity index (χ2v) is 2.96. The van der Waals surface area contributed by atoms with Gasteiger partial charge in [-0.05, 0) is 19.1 Å². The predicted octanol–water partition coefficient (Wildman–Crippen LogP) is 1.39. The van der Waals surface area contributed by atoms with Gasteiger partial charge in [0, 0.05) is 6.54 Å². The minimum Gasteiger partial charge on any atom is -0.292 e. The Morgan fingerprint density at radius 3 is 2.71 bits per heavy atom. The molecule has 1 heterocycles. The van der Waals surface area contributed by atoms with Gasteiger partial charge in [0.1, 0.15) is 0 Å². The number of nitrogens with zero attached hydrogens (tertiary/aromatic N) is 2. The Hall–Kier alpha value is -1.84. The second kappa shape index (κ2) is 3.14. The van der Waals surface area contributed by atoms with Crippen molar-refractivity contribution in [1.82, 2.24) is 5.32 Å². The minimum atomic E-state index is -0.476. The molecule has 1 radical (unpaired) electrons. The smallest absolute Gasteiger partial charge is 0.292 e. The maximum absolute atomic E-state index is 11.3. The van der Waals surface area contributed by atoms with E-state index in [1.807, 2.05) is 6.92 Å². The molecule has 1 aromatic carbocycles. The molecule has 0 fully saturated rings. The Bertz CT molecular complexity index is 401. The molecule has 0 unspecified atom stereocenters. The monoisotopic (exact) mass is 189 g/mol. The van der Waals surface area contributed by atoms with Gasteiger partial charge < -0.3 is 0 Å². The van der Waals surface area contributed by atoms with Crippen molar-refractivity contribution >= 4 is 17.6 Å². The molecule has 71 valence electrons. The highest BCUT2D eigenvalue weighted by Crippen LogP contribution is 2.24. The van der Waals surface area contributed by atoms with E-state index in [2.05, 4.69) is 5.32 Å². The van der Waals surface area contributed by atoms with Crippen molar-refractivity contribution in [1.29, 1.82) is 0 Å². The number of anilines is 1. The number of carbonyl (C=O) groups excluding carboxylic acids is 2. The number of imide groups is 1. The molecule has 4 nitrogen and oxygen atoms in total. The molecule has 1 aliphatic heterocycles. The lowest BCUT2D eigenvalue weighted by molar-refractivity contribution is 0.0957. The third-order valence-electron chi connectivity index (χ3n) is 2.17. The molecule has 3 amide bonds. The lowest BCUT2D eigenvalue weighted by atomic mass is 10.1. The summed E-state index contributed by atoms with van der Waals surface area (Å²) < 4.78 is 0. The van der Waals surface area contributed by atoms with Crippen molar-refractivity contribution in [2.75, 3.05) is 11.4 Å². The molecule has 0 bridgehead atoms. The molecule has 0 saturated heterocycles. The summed E-state index contributed by atoms with van der Waals surface area (Å²) in [5, 5.41) is 3.42. The fourth-order valence-electron chi connectivity index (χ4n) is 1.51. The maximum atomic E-state index is 11.3. The second-order valence-electron chi connectivity index (χ2n) is 2.96. The Morgan fingerprint density at radius 1 is 1.29 bits per heavy atom. The van der Waals surface area contributed by atoms with Gasteiger partial charge in [0.05, 0.1) is 11.3 Å². The molecule has 0 aliphatic carbocycles. The Morgan fingerprint density at radius 2 is 2.00 bits per heavy atom. The molecule has 1 aliphatic rings. The van der Waals surface area contributed by atoms with Gasteiger partial charge in [0.25, 0.3) is 5.91 Å². The van der Waals surface area contributed by atoms with Crippen molar-refractivity contribution in [2.24, 2.45) is 0 Å². The number of para-hydroxylation sites is 1. The van der Waals surface area contributed by atoms with E-state index in [9.17, 15) is 9.59 Å². The average Bonchev–Trinajstić information content (AvgIpc) is 2.18. The van der Waals surface area contributed by atoms with E-state index in [-0.39, 0.29) is 0 Å². The number of urea groups is 1.